The van der Waals surface area contributed by atoms with Crippen LogP contribution >= 0.6 is 0 Å². The van der Waals surface area contributed by atoms with E-state index in [4.69, 9.17) is 5.73 Å². The molecule has 4 nitrogen and oxygen atoms in total. The van der Waals surface area contributed by atoms with E-state index in [-0.39, 0.29) is 0 Å². The average Bonchev–Trinajstić information content (AvgIpc) is 2.37. The highest BCUT2D eigenvalue weighted by Crippen LogP contribution is 2.16. The maximum absolute atomic E-state index is 12.3. The molecule has 1 rings (SSSR count). The van der Waals surface area contributed by atoms with Gasteiger partial charge >= 0.3 is 0 Å². The lowest BCUT2D eigenvalue weighted by atomic mass is 9.93. The van der Waals surface area contributed by atoms with Crippen LogP contribution in [-0.2, 0) is 4.79 Å². The van der Waals surface area contributed by atoms with Crippen molar-refractivity contribution in [1.29, 1.82) is 0 Å². The van der Waals surface area contributed by atoms with Gasteiger partial charge in [-0.25, -0.2) is 0 Å². The molecule has 1 unspecified atom stereocenters. The van der Waals surface area contributed by atoms with E-state index in [0.717, 1.165) is 39.1 Å². The van der Waals surface area contributed by atoms with Gasteiger partial charge in [0.1, 0.15) is 0 Å². The summed E-state index contributed by atoms with van der Waals surface area (Å²) in [5.74, 6) is 1.95. The fraction of sp³-hybridized carbons (Fsp3) is 0.938. The maximum atomic E-state index is 12.3. The zero-order valence-corrected chi connectivity index (χ0v) is 13.8. The summed E-state index contributed by atoms with van der Waals surface area (Å²) in [5, 5.41) is 0. The van der Waals surface area contributed by atoms with Gasteiger partial charge < -0.3 is 10.6 Å². The lowest BCUT2D eigenvalue weighted by Gasteiger charge is -2.36. The van der Waals surface area contributed by atoms with E-state index < -0.39 is 0 Å². The molecular weight excluding hydrogens is 250 g/mol. The van der Waals surface area contributed by atoms with Crippen LogP contribution in [0.25, 0.3) is 0 Å². The lowest BCUT2D eigenvalue weighted by molar-refractivity contribution is -0.134. The van der Waals surface area contributed by atoms with Gasteiger partial charge in [-0.3, -0.25) is 9.69 Å². The highest BCUT2D eigenvalue weighted by molar-refractivity contribution is 5.76. The molecule has 20 heavy (non-hydrogen) atoms. The lowest BCUT2D eigenvalue weighted by Crippen LogP contribution is -2.49. The number of amides is 1. The van der Waals surface area contributed by atoms with Crippen molar-refractivity contribution in [3.8, 4) is 0 Å². The summed E-state index contributed by atoms with van der Waals surface area (Å²) in [6.07, 6.45) is 1.68. The predicted octanol–water partition coefficient (Wildman–Crippen LogP) is 1.80. The first-order chi connectivity index (χ1) is 9.42. The van der Waals surface area contributed by atoms with Crippen LogP contribution in [0.3, 0.4) is 0 Å². The maximum Gasteiger partial charge on any atom is 0.222 e. The van der Waals surface area contributed by atoms with Gasteiger partial charge in [0, 0.05) is 39.1 Å². The van der Waals surface area contributed by atoms with Crippen molar-refractivity contribution in [2.24, 2.45) is 23.5 Å². The fourth-order valence-corrected chi connectivity index (χ4v) is 3.00. The summed E-state index contributed by atoms with van der Waals surface area (Å²) >= 11 is 0. The van der Waals surface area contributed by atoms with Crippen LogP contribution in [0.1, 0.15) is 40.5 Å². The van der Waals surface area contributed by atoms with E-state index in [9.17, 15) is 4.79 Å². The second kappa shape index (κ2) is 8.63. The summed E-state index contributed by atoms with van der Waals surface area (Å²) < 4.78 is 0. The summed E-state index contributed by atoms with van der Waals surface area (Å²) in [7, 11) is 0. The fourth-order valence-electron chi connectivity index (χ4n) is 3.00. The second-order valence-corrected chi connectivity index (χ2v) is 7.01. The smallest absolute Gasteiger partial charge is 0.222 e. The standard InChI is InChI=1S/C16H33N3O/c1-13(2)9-15(11-17)10-16(20)19-7-5-18(6-8-19)12-14(3)4/h13-15H,5-12,17H2,1-4H3. The van der Waals surface area contributed by atoms with Crippen LogP contribution in [0.5, 0.6) is 0 Å². The minimum atomic E-state index is 0.297. The topological polar surface area (TPSA) is 49.6 Å². The highest BCUT2D eigenvalue weighted by Gasteiger charge is 2.23. The normalized spacial score (nSPS) is 18.9. The first kappa shape index (κ1) is 17.4. The van der Waals surface area contributed by atoms with E-state index in [1.54, 1.807) is 0 Å². The summed E-state index contributed by atoms with van der Waals surface area (Å²) in [5.41, 5.74) is 5.80. The minimum Gasteiger partial charge on any atom is -0.340 e. The Hall–Kier alpha value is -0.610. The van der Waals surface area contributed by atoms with Gasteiger partial charge in [-0.15, -0.1) is 0 Å². The van der Waals surface area contributed by atoms with E-state index in [1.807, 2.05) is 4.90 Å². The Labute approximate surface area is 124 Å². The number of carbonyl (C=O) groups is 1. The molecule has 0 saturated carbocycles. The van der Waals surface area contributed by atoms with Gasteiger partial charge in [-0.2, -0.15) is 0 Å². The van der Waals surface area contributed by atoms with Crippen LogP contribution in [0, 0.1) is 17.8 Å². The van der Waals surface area contributed by atoms with E-state index in [2.05, 4.69) is 32.6 Å². The van der Waals surface area contributed by atoms with Crippen LogP contribution in [0.2, 0.25) is 0 Å². The molecule has 1 amide bonds. The average molecular weight is 283 g/mol. The van der Waals surface area contributed by atoms with Gasteiger partial charge in [-0.1, -0.05) is 27.7 Å². The molecule has 0 aliphatic carbocycles. The zero-order chi connectivity index (χ0) is 15.1. The number of rotatable bonds is 7. The molecule has 0 spiro atoms. The molecular formula is C16H33N3O. The molecule has 1 aliphatic rings. The second-order valence-electron chi connectivity index (χ2n) is 7.01. The van der Waals surface area contributed by atoms with Gasteiger partial charge in [0.2, 0.25) is 5.91 Å². The Bertz CT molecular complexity index is 283. The van der Waals surface area contributed by atoms with E-state index in [0.29, 0.717) is 36.6 Å². The number of hydrogen-bond acceptors (Lipinski definition) is 3. The zero-order valence-electron chi connectivity index (χ0n) is 13.8. The van der Waals surface area contributed by atoms with Gasteiger partial charge in [0.25, 0.3) is 0 Å². The number of nitrogens with zero attached hydrogens (tertiary/aromatic N) is 2. The molecule has 0 bridgehead atoms. The van der Waals surface area contributed by atoms with Gasteiger partial charge in [0.15, 0.2) is 0 Å². The van der Waals surface area contributed by atoms with E-state index in [1.165, 1.54) is 0 Å². The summed E-state index contributed by atoms with van der Waals surface area (Å²) in [4.78, 5) is 16.8. The van der Waals surface area contributed by atoms with Crippen molar-refractivity contribution in [2.75, 3.05) is 39.3 Å². The predicted molar refractivity (Wildman–Crippen MR) is 84.5 cm³/mol. The summed E-state index contributed by atoms with van der Waals surface area (Å²) in [6, 6.07) is 0. The van der Waals surface area contributed by atoms with Gasteiger partial charge in [0.05, 0.1) is 0 Å². The first-order valence-electron chi connectivity index (χ1n) is 8.12. The van der Waals surface area contributed by atoms with Crippen LogP contribution in [0.15, 0.2) is 0 Å². The van der Waals surface area contributed by atoms with Crippen molar-refractivity contribution in [3.63, 3.8) is 0 Å². The van der Waals surface area contributed by atoms with Crippen LogP contribution < -0.4 is 5.73 Å². The number of nitrogens with two attached hydrogens (primary N) is 1. The van der Waals surface area contributed by atoms with Crippen molar-refractivity contribution >= 4 is 5.91 Å². The molecule has 1 aliphatic heterocycles. The third kappa shape index (κ3) is 6.23. The molecule has 1 saturated heterocycles. The molecule has 4 heteroatoms. The Morgan fingerprint density at radius 2 is 1.65 bits per heavy atom. The molecule has 2 N–H and O–H groups in total. The molecule has 1 heterocycles. The third-order valence-electron chi connectivity index (χ3n) is 3.95. The number of carbonyl (C=O) groups excluding carboxylic acids is 1. The van der Waals surface area contributed by atoms with Crippen LogP contribution in [0.4, 0.5) is 0 Å². The van der Waals surface area contributed by atoms with Crippen molar-refractivity contribution in [2.45, 2.75) is 40.5 Å². The van der Waals surface area contributed by atoms with Crippen molar-refractivity contribution in [3.05, 3.63) is 0 Å². The monoisotopic (exact) mass is 283 g/mol. The minimum absolute atomic E-state index is 0.297. The third-order valence-corrected chi connectivity index (χ3v) is 3.95. The molecule has 1 fully saturated rings. The summed E-state index contributed by atoms with van der Waals surface area (Å²) in [6.45, 7) is 14.4. The number of piperazine rings is 1. The van der Waals surface area contributed by atoms with E-state index >= 15 is 0 Å². The Morgan fingerprint density at radius 3 is 2.10 bits per heavy atom. The molecule has 1 atom stereocenters. The molecule has 118 valence electrons. The molecule has 0 radical (unpaired) electrons. The highest BCUT2D eigenvalue weighted by atomic mass is 16.2. The molecule has 0 aromatic heterocycles. The molecule has 0 aromatic carbocycles. The first-order valence-corrected chi connectivity index (χ1v) is 8.12. The Balaban J connectivity index is 2.34. The largest absolute Gasteiger partial charge is 0.340 e. The van der Waals surface area contributed by atoms with Crippen molar-refractivity contribution < 1.29 is 4.79 Å². The number of hydrogen-bond donors (Lipinski definition) is 1. The van der Waals surface area contributed by atoms with Crippen molar-refractivity contribution in [1.82, 2.24) is 9.80 Å². The Kier molecular flexibility index (Phi) is 7.52. The Morgan fingerprint density at radius 1 is 1.05 bits per heavy atom. The van der Waals surface area contributed by atoms with Crippen LogP contribution in [-0.4, -0.2) is 55.0 Å². The van der Waals surface area contributed by atoms with Gasteiger partial charge in [-0.05, 0) is 30.7 Å². The molecule has 0 aromatic rings. The quantitative estimate of drug-likeness (QED) is 0.775. The SMILES string of the molecule is CC(C)CC(CN)CC(=O)N1CCN(CC(C)C)CC1.